The summed E-state index contributed by atoms with van der Waals surface area (Å²) < 4.78 is 18.5. The molecule has 1 heterocycles. The Hall–Kier alpha value is -3.36. The molecule has 6 nitrogen and oxygen atoms in total. The van der Waals surface area contributed by atoms with Crippen LogP contribution in [0, 0.1) is 5.82 Å². The number of aliphatic imine (C=N–C) groups is 1. The monoisotopic (exact) mass is 511 g/mol. The summed E-state index contributed by atoms with van der Waals surface area (Å²) in [7, 11) is 1.57. The molecule has 180 valence electrons. The van der Waals surface area contributed by atoms with Crippen molar-refractivity contribution in [2.75, 3.05) is 19.0 Å². The number of rotatable bonds is 7. The van der Waals surface area contributed by atoms with Crippen molar-refractivity contribution in [2.45, 2.75) is 18.1 Å². The predicted molar refractivity (Wildman–Crippen MR) is 138 cm³/mol. The van der Waals surface area contributed by atoms with Gasteiger partial charge in [-0.05, 0) is 72.6 Å². The Morgan fingerprint density at radius 1 is 1.11 bits per heavy atom. The lowest BCUT2D eigenvalue weighted by molar-refractivity contribution is -0.129. The fourth-order valence-corrected chi connectivity index (χ4v) is 4.73. The largest absolute Gasteiger partial charge is 0.497 e. The number of nitrogens with one attached hydrogen (secondary N) is 1. The van der Waals surface area contributed by atoms with Gasteiger partial charge >= 0.3 is 0 Å². The molecule has 9 heteroatoms. The fraction of sp³-hybridized carbons (Fsp3) is 0.192. The lowest BCUT2D eigenvalue weighted by Gasteiger charge is -2.32. The molecule has 2 amide bonds. The second-order valence-corrected chi connectivity index (χ2v) is 9.43. The highest BCUT2D eigenvalue weighted by Gasteiger charge is 2.35. The van der Waals surface area contributed by atoms with Crippen LogP contribution < -0.4 is 10.1 Å². The molecule has 4 rings (SSSR count). The van der Waals surface area contributed by atoms with Crippen molar-refractivity contribution in [1.29, 1.82) is 0 Å². The number of nitrogens with zero attached hydrogens (tertiary/aromatic N) is 2. The van der Waals surface area contributed by atoms with E-state index in [4.69, 9.17) is 16.3 Å². The second-order valence-electron chi connectivity index (χ2n) is 7.82. The molecule has 1 saturated heterocycles. The summed E-state index contributed by atoms with van der Waals surface area (Å²) in [6.45, 7) is 0.389. The number of amidine groups is 1. The molecular formula is C26H23ClFN3O3S. The van der Waals surface area contributed by atoms with Crippen molar-refractivity contribution in [1.82, 2.24) is 4.90 Å². The van der Waals surface area contributed by atoms with Gasteiger partial charge in [0.15, 0.2) is 5.17 Å². The normalized spacial score (nSPS) is 16.9. The van der Waals surface area contributed by atoms with Crippen LogP contribution in [0.4, 0.5) is 15.8 Å². The quantitative estimate of drug-likeness (QED) is 0.442. The molecule has 1 N–H and O–H groups in total. The average Bonchev–Trinajstić information content (AvgIpc) is 2.86. The molecule has 1 unspecified atom stereocenters. The van der Waals surface area contributed by atoms with Crippen LogP contribution in [0.25, 0.3) is 0 Å². The van der Waals surface area contributed by atoms with Crippen LogP contribution in [0.5, 0.6) is 5.75 Å². The van der Waals surface area contributed by atoms with E-state index in [-0.39, 0.29) is 24.1 Å². The number of benzene rings is 3. The number of hydrogen-bond donors (Lipinski definition) is 1. The van der Waals surface area contributed by atoms with Crippen molar-refractivity contribution in [3.05, 3.63) is 89.2 Å². The van der Waals surface area contributed by atoms with E-state index >= 15 is 0 Å². The first-order chi connectivity index (χ1) is 16.9. The summed E-state index contributed by atoms with van der Waals surface area (Å²) in [5, 5.41) is 3.23. The summed E-state index contributed by atoms with van der Waals surface area (Å²) in [4.78, 5) is 32.3. The molecule has 0 saturated carbocycles. The highest BCUT2D eigenvalue weighted by molar-refractivity contribution is 8.15. The van der Waals surface area contributed by atoms with Gasteiger partial charge in [0.1, 0.15) is 16.8 Å². The molecule has 1 aliphatic heterocycles. The van der Waals surface area contributed by atoms with Crippen LogP contribution in [0.2, 0.25) is 5.02 Å². The Bertz CT molecular complexity index is 1220. The van der Waals surface area contributed by atoms with E-state index in [2.05, 4.69) is 10.3 Å². The molecule has 0 spiro atoms. The maximum Gasteiger partial charge on any atom is 0.238 e. The first-order valence-corrected chi connectivity index (χ1v) is 12.2. The van der Waals surface area contributed by atoms with E-state index in [1.807, 2.05) is 12.1 Å². The molecule has 1 atom stereocenters. The molecule has 3 aromatic rings. The summed E-state index contributed by atoms with van der Waals surface area (Å²) in [6.07, 6.45) is 0.629. The maximum absolute atomic E-state index is 13.4. The Balaban J connectivity index is 1.53. The molecule has 35 heavy (non-hydrogen) atoms. The van der Waals surface area contributed by atoms with E-state index in [1.54, 1.807) is 48.4 Å². The van der Waals surface area contributed by atoms with Crippen LogP contribution in [0.15, 0.2) is 77.8 Å². The lowest BCUT2D eigenvalue weighted by Crippen LogP contribution is -2.46. The topological polar surface area (TPSA) is 71.0 Å². The number of amides is 2. The Morgan fingerprint density at radius 3 is 2.46 bits per heavy atom. The predicted octanol–water partition coefficient (Wildman–Crippen LogP) is 5.69. The standard InChI is InChI=1S/C26H23ClFN3O3S/c1-34-22-12-10-20(11-13-22)29-25(33)23-16-24(32)31(15-14-17-2-4-18(27)5-3-17)26(35-23)30-21-8-6-19(28)7-9-21/h2-13,23H,14-16H2,1H3,(H,29,33). The minimum Gasteiger partial charge on any atom is -0.497 e. The summed E-state index contributed by atoms with van der Waals surface area (Å²) in [5.41, 5.74) is 2.12. The van der Waals surface area contributed by atoms with Crippen molar-refractivity contribution in [3.8, 4) is 5.75 Å². The third-order valence-electron chi connectivity index (χ3n) is 5.38. The highest BCUT2D eigenvalue weighted by atomic mass is 35.5. The van der Waals surface area contributed by atoms with Gasteiger partial charge in [0.05, 0.1) is 12.8 Å². The van der Waals surface area contributed by atoms with Crippen LogP contribution >= 0.6 is 23.4 Å². The fourth-order valence-electron chi connectivity index (χ4n) is 3.48. The van der Waals surface area contributed by atoms with Gasteiger partial charge < -0.3 is 10.1 Å². The Labute approximate surface area is 212 Å². The number of anilines is 1. The van der Waals surface area contributed by atoms with Gasteiger partial charge in [-0.25, -0.2) is 9.38 Å². The smallest absolute Gasteiger partial charge is 0.238 e. The molecule has 3 aromatic carbocycles. The Morgan fingerprint density at radius 2 is 1.80 bits per heavy atom. The third-order valence-corrected chi connectivity index (χ3v) is 6.82. The summed E-state index contributed by atoms with van der Waals surface area (Å²) >= 11 is 7.19. The van der Waals surface area contributed by atoms with Crippen molar-refractivity contribution in [2.24, 2.45) is 4.99 Å². The van der Waals surface area contributed by atoms with E-state index in [0.717, 1.165) is 5.56 Å². The number of methoxy groups -OCH3 is 1. The SMILES string of the molecule is COc1ccc(NC(=O)C2CC(=O)N(CCc3ccc(Cl)cc3)C(=Nc3ccc(F)cc3)S2)cc1. The van der Waals surface area contributed by atoms with Crippen LogP contribution in [-0.4, -0.2) is 40.8 Å². The van der Waals surface area contributed by atoms with Gasteiger partial charge in [-0.1, -0.05) is 35.5 Å². The zero-order chi connectivity index (χ0) is 24.8. The number of halogens is 2. The van der Waals surface area contributed by atoms with Crippen molar-refractivity contribution >= 4 is 51.7 Å². The number of thioether (sulfide) groups is 1. The van der Waals surface area contributed by atoms with Crippen molar-refractivity contribution in [3.63, 3.8) is 0 Å². The minimum atomic E-state index is -0.657. The van der Waals surface area contributed by atoms with Crippen LogP contribution in [0.1, 0.15) is 12.0 Å². The van der Waals surface area contributed by atoms with Gasteiger partial charge in [-0.2, -0.15) is 0 Å². The number of hydrogen-bond acceptors (Lipinski definition) is 5. The minimum absolute atomic E-state index is 0.0374. The lowest BCUT2D eigenvalue weighted by atomic mass is 10.1. The molecule has 0 aromatic heterocycles. The summed E-state index contributed by atoms with van der Waals surface area (Å²) in [6, 6.07) is 20.1. The van der Waals surface area contributed by atoms with Gasteiger partial charge in [-0.15, -0.1) is 0 Å². The van der Waals surface area contributed by atoms with Crippen LogP contribution in [-0.2, 0) is 16.0 Å². The molecular weight excluding hydrogens is 489 g/mol. The van der Waals surface area contributed by atoms with E-state index in [1.165, 1.54) is 36.0 Å². The molecule has 1 aliphatic rings. The number of ether oxygens (including phenoxy) is 1. The molecule has 1 fully saturated rings. The van der Waals surface area contributed by atoms with E-state index < -0.39 is 5.25 Å². The Kier molecular flexibility index (Phi) is 8.05. The maximum atomic E-state index is 13.4. The van der Waals surface area contributed by atoms with Gasteiger partial charge in [-0.3, -0.25) is 14.5 Å². The van der Waals surface area contributed by atoms with Crippen molar-refractivity contribution < 1.29 is 18.7 Å². The van der Waals surface area contributed by atoms with Gasteiger partial charge in [0, 0.05) is 23.7 Å². The highest BCUT2D eigenvalue weighted by Crippen LogP contribution is 2.30. The first-order valence-electron chi connectivity index (χ1n) is 10.9. The van der Waals surface area contributed by atoms with Crippen LogP contribution in [0.3, 0.4) is 0 Å². The van der Waals surface area contributed by atoms with E-state index in [0.29, 0.717) is 40.3 Å². The average molecular weight is 512 g/mol. The summed E-state index contributed by atoms with van der Waals surface area (Å²) in [5.74, 6) is -0.195. The number of carbonyl (C=O) groups is 2. The van der Waals surface area contributed by atoms with Gasteiger partial charge in [0.2, 0.25) is 11.8 Å². The zero-order valence-electron chi connectivity index (χ0n) is 18.9. The number of carbonyl (C=O) groups excluding carboxylic acids is 2. The molecule has 0 radical (unpaired) electrons. The molecule has 0 aliphatic carbocycles. The van der Waals surface area contributed by atoms with E-state index in [9.17, 15) is 14.0 Å². The third kappa shape index (κ3) is 6.61. The molecule has 0 bridgehead atoms. The second kappa shape index (κ2) is 11.4. The first kappa shape index (κ1) is 24.8. The van der Waals surface area contributed by atoms with Gasteiger partial charge in [0.25, 0.3) is 0 Å². The zero-order valence-corrected chi connectivity index (χ0v) is 20.5.